The van der Waals surface area contributed by atoms with Crippen LogP contribution in [-0.4, -0.2) is 6.04 Å². The number of hydrogen-bond acceptors (Lipinski definition) is 2. The molecule has 1 aliphatic carbocycles. The van der Waals surface area contributed by atoms with Crippen molar-refractivity contribution in [3.05, 3.63) is 59.5 Å². The molecule has 1 aromatic heterocycles. The van der Waals surface area contributed by atoms with Crippen LogP contribution in [0.25, 0.3) is 0 Å². The fourth-order valence-corrected chi connectivity index (χ4v) is 2.65. The third-order valence-electron chi connectivity index (χ3n) is 3.51. The lowest BCUT2D eigenvalue weighted by Gasteiger charge is -2.17. The maximum atomic E-state index is 5.42. The van der Waals surface area contributed by atoms with E-state index in [0.717, 1.165) is 18.6 Å². The van der Waals surface area contributed by atoms with Crippen LogP contribution in [0.4, 0.5) is 0 Å². The summed E-state index contributed by atoms with van der Waals surface area (Å²) in [5.41, 5.74) is 2.97. The predicted molar refractivity (Wildman–Crippen MR) is 67.9 cm³/mol. The van der Waals surface area contributed by atoms with Gasteiger partial charge in [0.05, 0.1) is 12.3 Å². The van der Waals surface area contributed by atoms with E-state index in [-0.39, 0.29) is 6.04 Å². The number of rotatable bonds is 3. The molecule has 1 unspecified atom stereocenters. The summed E-state index contributed by atoms with van der Waals surface area (Å²) in [7, 11) is 0. The number of furan rings is 1. The van der Waals surface area contributed by atoms with E-state index in [1.54, 1.807) is 6.26 Å². The standard InChI is InChI=1S/C15H17NO/c1-11(15-7-4-8-17-15)16-14-9-12-5-2-3-6-13(12)10-14/h2-8,11,14,16H,9-10H2,1H3. The number of benzene rings is 1. The van der Waals surface area contributed by atoms with Crippen molar-refractivity contribution in [2.45, 2.75) is 31.8 Å². The van der Waals surface area contributed by atoms with E-state index in [2.05, 4.69) is 36.5 Å². The Hall–Kier alpha value is -1.54. The lowest BCUT2D eigenvalue weighted by Crippen LogP contribution is -2.31. The highest BCUT2D eigenvalue weighted by Crippen LogP contribution is 2.24. The lowest BCUT2D eigenvalue weighted by molar-refractivity contribution is 0.392. The van der Waals surface area contributed by atoms with Crippen molar-refractivity contribution in [3.8, 4) is 0 Å². The first kappa shape index (κ1) is 10.6. The van der Waals surface area contributed by atoms with Crippen molar-refractivity contribution in [2.24, 2.45) is 0 Å². The van der Waals surface area contributed by atoms with Gasteiger partial charge in [-0.3, -0.25) is 0 Å². The highest BCUT2D eigenvalue weighted by Gasteiger charge is 2.22. The fourth-order valence-electron chi connectivity index (χ4n) is 2.65. The first-order chi connectivity index (χ1) is 8.33. The first-order valence-electron chi connectivity index (χ1n) is 6.19. The van der Waals surface area contributed by atoms with Crippen LogP contribution in [0, 0.1) is 0 Å². The third kappa shape index (κ3) is 2.13. The minimum atomic E-state index is 0.282. The van der Waals surface area contributed by atoms with E-state index in [0.29, 0.717) is 6.04 Å². The Balaban J connectivity index is 1.66. The van der Waals surface area contributed by atoms with Crippen molar-refractivity contribution in [3.63, 3.8) is 0 Å². The van der Waals surface area contributed by atoms with E-state index in [9.17, 15) is 0 Å². The summed E-state index contributed by atoms with van der Waals surface area (Å²) in [6.07, 6.45) is 3.99. The Labute approximate surface area is 102 Å². The molecule has 17 heavy (non-hydrogen) atoms. The van der Waals surface area contributed by atoms with Gasteiger partial charge in [0.2, 0.25) is 0 Å². The minimum Gasteiger partial charge on any atom is -0.468 e. The topological polar surface area (TPSA) is 25.2 Å². The van der Waals surface area contributed by atoms with Crippen LogP contribution >= 0.6 is 0 Å². The molecule has 1 aromatic carbocycles. The summed E-state index contributed by atoms with van der Waals surface area (Å²) in [5, 5.41) is 3.63. The van der Waals surface area contributed by atoms with Gasteiger partial charge in [-0.05, 0) is 43.0 Å². The van der Waals surface area contributed by atoms with Crippen molar-refractivity contribution >= 4 is 0 Å². The van der Waals surface area contributed by atoms with Crippen molar-refractivity contribution in [1.82, 2.24) is 5.32 Å². The monoisotopic (exact) mass is 227 g/mol. The molecule has 0 aliphatic heterocycles. The maximum absolute atomic E-state index is 5.42. The van der Waals surface area contributed by atoms with Crippen LogP contribution in [0.15, 0.2) is 47.1 Å². The van der Waals surface area contributed by atoms with Gasteiger partial charge >= 0.3 is 0 Å². The van der Waals surface area contributed by atoms with Gasteiger partial charge in [-0.2, -0.15) is 0 Å². The van der Waals surface area contributed by atoms with E-state index < -0.39 is 0 Å². The number of hydrogen-bond donors (Lipinski definition) is 1. The molecule has 2 nitrogen and oxygen atoms in total. The Morgan fingerprint density at radius 3 is 2.41 bits per heavy atom. The Morgan fingerprint density at radius 2 is 1.82 bits per heavy atom. The second-order valence-electron chi connectivity index (χ2n) is 4.78. The van der Waals surface area contributed by atoms with E-state index >= 15 is 0 Å². The van der Waals surface area contributed by atoms with Crippen molar-refractivity contribution in [2.75, 3.05) is 0 Å². The van der Waals surface area contributed by atoms with Crippen LogP contribution in [0.3, 0.4) is 0 Å². The SMILES string of the molecule is CC(NC1Cc2ccccc2C1)c1ccco1. The molecule has 0 radical (unpaired) electrons. The van der Waals surface area contributed by atoms with Gasteiger partial charge in [0, 0.05) is 6.04 Å². The highest BCUT2D eigenvalue weighted by atomic mass is 16.3. The quantitative estimate of drug-likeness (QED) is 0.871. The molecule has 2 aromatic rings. The van der Waals surface area contributed by atoms with Crippen LogP contribution in [-0.2, 0) is 12.8 Å². The molecule has 0 spiro atoms. The van der Waals surface area contributed by atoms with E-state index in [1.165, 1.54) is 11.1 Å². The van der Waals surface area contributed by atoms with Crippen LogP contribution in [0.5, 0.6) is 0 Å². The fraction of sp³-hybridized carbons (Fsp3) is 0.333. The molecular weight excluding hydrogens is 210 g/mol. The molecule has 1 aliphatic rings. The van der Waals surface area contributed by atoms with Gasteiger partial charge in [-0.15, -0.1) is 0 Å². The third-order valence-corrected chi connectivity index (χ3v) is 3.51. The van der Waals surface area contributed by atoms with Crippen LogP contribution in [0.1, 0.15) is 29.9 Å². The average molecular weight is 227 g/mol. The van der Waals surface area contributed by atoms with Gasteiger partial charge in [0.1, 0.15) is 5.76 Å². The summed E-state index contributed by atoms with van der Waals surface area (Å²) in [4.78, 5) is 0. The van der Waals surface area contributed by atoms with Gasteiger partial charge < -0.3 is 9.73 Å². The maximum Gasteiger partial charge on any atom is 0.120 e. The summed E-state index contributed by atoms with van der Waals surface area (Å²) >= 11 is 0. The number of nitrogens with one attached hydrogen (secondary N) is 1. The van der Waals surface area contributed by atoms with Gasteiger partial charge in [0.25, 0.3) is 0 Å². The summed E-state index contributed by atoms with van der Waals surface area (Å²) in [5.74, 6) is 1.01. The average Bonchev–Trinajstić information content (AvgIpc) is 2.97. The zero-order valence-corrected chi connectivity index (χ0v) is 10.0. The first-order valence-corrected chi connectivity index (χ1v) is 6.19. The van der Waals surface area contributed by atoms with Crippen LogP contribution in [0.2, 0.25) is 0 Å². The summed E-state index contributed by atoms with van der Waals surface area (Å²) < 4.78 is 5.42. The molecule has 0 saturated carbocycles. The highest BCUT2D eigenvalue weighted by molar-refractivity contribution is 5.33. The van der Waals surface area contributed by atoms with Gasteiger partial charge in [-0.1, -0.05) is 24.3 Å². The molecule has 1 atom stereocenters. The lowest BCUT2D eigenvalue weighted by atomic mass is 10.1. The Kier molecular flexibility index (Phi) is 2.73. The molecule has 1 N–H and O–H groups in total. The second-order valence-corrected chi connectivity index (χ2v) is 4.78. The van der Waals surface area contributed by atoms with Gasteiger partial charge in [-0.25, -0.2) is 0 Å². The second kappa shape index (κ2) is 4.38. The van der Waals surface area contributed by atoms with E-state index in [1.807, 2.05) is 12.1 Å². The molecule has 88 valence electrons. The molecule has 2 heteroatoms. The minimum absolute atomic E-state index is 0.282. The smallest absolute Gasteiger partial charge is 0.120 e. The Bertz CT molecular complexity index is 464. The normalized spacial score (nSPS) is 17.0. The summed E-state index contributed by atoms with van der Waals surface area (Å²) in [6.45, 7) is 2.15. The molecule has 0 bridgehead atoms. The molecule has 0 saturated heterocycles. The predicted octanol–water partition coefficient (Wildman–Crippen LogP) is 3.10. The summed E-state index contributed by atoms with van der Waals surface area (Å²) in [6, 6.07) is 13.5. The van der Waals surface area contributed by atoms with Gasteiger partial charge in [0.15, 0.2) is 0 Å². The van der Waals surface area contributed by atoms with Crippen molar-refractivity contribution < 1.29 is 4.42 Å². The molecule has 1 heterocycles. The van der Waals surface area contributed by atoms with E-state index in [4.69, 9.17) is 4.42 Å². The zero-order valence-electron chi connectivity index (χ0n) is 10.0. The van der Waals surface area contributed by atoms with Crippen LogP contribution < -0.4 is 5.32 Å². The largest absolute Gasteiger partial charge is 0.468 e. The molecular formula is C15H17NO. The zero-order chi connectivity index (χ0) is 11.7. The van der Waals surface area contributed by atoms with Crippen molar-refractivity contribution in [1.29, 1.82) is 0 Å². The Morgan fingerprint density at radius 1 is 1.12 bits per heavy atom. The molecule has 0 amide bonds. The molecule has 0 fully saturated rings. The number of fused-ring (bicyclic) bond motifs is 1. The molecule has 3 rings (SSSR count).